The summed E-state index contributed by atoms with van der Waals surface area (Å²) in [6.07, 6.45) is 6.10. The molecule has 0 aliphatic carbocycles. The van der Waals surface area contributed by atoms with Crippen molar-refractivity contribution in [2.75, 3.05) is 6.61 Å². The van der Waals surface area contributed by atoms with Crippen molar-refractivity contribution < 1.29 is 28.8 Å². The number of Topliss-reactive ketones (excluding diaryl/α,β-unsaturated/α-hetero) is 1. The molecule has 126 valence electrons. The summed E-state index contributed by atoms with van der Waals surface area (Å²) in [5, 5.41) is 17.8. The molecule has 1 rings (SSSR count). The van der Waals surface area contributed by atoms with Crippen LogP contribution >= 0.6 is 0 Å². The molecule has 0 fully saturated rings. The number of esters is 1. The minimum absolute atomic E-state index is 0.0977. The molecule has 0 unspecified atom stereocenters. The van der Waals surface area contributed by atoms with E-state index in [0.29, 0.717) is 6.42 Å². The van der Waals surface area contributed by atoms with Gasteiger partial charge >= 0.3 is 13.1 Å². The van der Waals surface area contributed by atoms with Gasteiger partial charge in [-0.25, -0.2) is 9.18 Å². The van der Waals surface area contributed by atoms with Gasteiger partial charge in [-0.1, -0.05) is 45.1 Å². The van der Waals surface area contributed by atoms with E-state index in [1.165, 1.54) is 12.5 Å². The van der Waals surface area contributed by atoms with Crippen LogP contribution in [0.15, 0.2) is 18.2 Å². The zero-order chi connectivity index (χ0) is 17.2. The maximum absolute atomic E-state index is 13.7. The molecule has 0 spiro atoms. The largest absolute Gasteiger partial charge is 0.488 e. The van der Waals surface area contributed by atoms with Crippen molar-refractivity contribution in [3.05, 3.63) is 29.6 Å². The molecule has 0 amide bonds. The zero-order valence-corrected chi connectivity index (χ0v) is 13.3. The summed E-state index contributed by atoms with van der Waals surface area (Å²) in [6, 6.07) is 3.01. The SMILES string of the molecule is CCCCCCCCOC(=O)C(=O)c1ccc(B(O)O)cc1F. The third-order valence-electron chi connectivity index (χ3n) is 3.45. The van der Waals surface area contributed by atoms with Crippen molar-refractivity contribution in [2.24, 2.45) is 0 Å². The molecule has 0 aliphatic heterocycles. The Balaban J connectivity index is 2.43. The third kappa shape index (κ3) is 6.50. The van der Waals surface area contributed by atoms with Crippen LogP contribution in [-0.4, -0.2) is 35.5 Å². The lowest BCUT2D eigenvalue weighted by Crippen LogP contribution is -2.31. The molecular weight excluding hydrogens is 302 g/mol. The maximum atomic E-state index is 13.7. The highest BCUT2D eigenvalue weighted by atomic mass is 19.1. The second-order valence-corrected chi connectivity index (χ2v) is 5.35. The lowest BCUT2D eigenvalue weighted by atomic mass is 9.80. The Morgan fingerprint density at radius 3 is 2.39 bits per heavy atom. The molecule has 1 aromatic rings. The normalized spacial score (nSPS) is 10.4. The number of ether oxygens (including phenoxy) is 1. The highest BCUT2D eigenvalue weighted by Crippen LogP contribution is 2.09. The number of halogens is 1. The summed E-state index contributed by atoms with van der Waals surface area (Å²) < 4.78 is 18.6. The van der Waals surface area contributed by atoms with Crippen LogP contribution in [0.3, 0.4) is 0 Å². The minimum atomic E-state index is -1.84. The van der Waals surface area contributed by atoms with Gasteiger partial charge < -0.3 is 14.8 Å². The maximum Gasteiger partial charge on any atom is 0.488 e. The molecule has 7 heteroatoms. The van der Waals surface area contributed by atoms with E-state index in [0.717, 1.165) is 37.8 Å². The van der Waals surface area contributed by atoms with E-state index in [1.54, 1.807) is 0 Å². The van der Waals surface area contributed by atoms with Crippen LogP contribution in [0.4, 0.5) is 4.39 Å². The fourth-order valence-electron chi connectivity index (χ4n) is 2.10. The van der Waals surface area contributed by atoms with Gasteiger partial charge in [0.1, 0.15) is 5.82 Å². The Bertz CT molecular complexity index is 533. The Morgan fingerprint density at radius 1 is 1.13 bits per heavy atom. The molecule has 5 nitrogen and oxygen atoms in total. The first kappa shape index (κ1) is 19.3. The van der Waals surface area contributed by atoms with E-state index < -0.39 is 30.3 Å². The molecule has 0 aromatic heterocycles. The second kappa shape index (κ2) is 10.1. The Morgan fingerprint density at radius 2 is 1.78 bits per heavy atom. The van der Waals surface area contributed by atoms with Crippen LogP contribution in [0.25, 0.3) is 0 Å². The van der Waals surface area contributed by atoms with Crippen LogP contribution in [0.2, 0.25) is 0 Å². The number of ketones is 1. The predicted molar refractivity (Wildman–Crippen MR) is 84.9 cm³/mol. The Labute approximate surface area is 135 Å². The summed E-state index contributed by atoms with van der Waals surface area (Å²) >= 11 is 0. The van der Waals surface area contributed by atoms with Gasteiger partial charge in [0.05, 0.1) is 12.2 Å². The number of hydrogen-bond acceptors (Lipinski definition) is 5. The molecule has 0 heterocycles. The predicted octanol–water partition coefficient (Wildman–Crippen LogP) is 1.59. The van der Waals surface area contributed by atoms with E-state index in [4.69, 9.17) is 14.8 Å². The summed E-state index contributed by atoms with van der Waals surface area (Å²) in [7, 11) is -1.84. The smallest absolute Gasteiger partial charge is 0.460 e. The molecule has 0 aliphatic rings. The minimum Gasteiger partial charge on any atom is -0.460 e. The second-order valence-electron chi connectivity index (χ2n) is 5.35. The molecule has 0 saturated heterocycles. The molecule has 0 atom stereocenters. The summed E-state index contributed by atoms with van der Waals surface area (Å²) in [6.45, 7) is 2.26. The number of benzene rings is 1. The fraction of sp³-hybridized carbons (Fsp3) is 0.500. The van der Waals surface area contributed by atoms with E-state index in [-0.39, 0.29) is 12.1 Å². The van der Waals surface area contributed by atoms with Crippen LogP contribution < -0.4 is 5.46 Å². The van der Waals surface area contributed by atoms with Gasteiger partial charge in [-0.3, -0.25) is 4.79 Å². The summed E-state index contributed by atoms with van der Waals surface area (Å²) in [5.74, 6) is -3.17. The third-order valence-corrected chi connectivity index (χ3v) is 3.45. The fourth-order valence-corrected chi connectivity index (χ4v) is 2.10. The quantitative estimate of drug-likeness (QED) is 0.224. The molecule has 23 heavy (non-hydrogen) atoms. The van der Waals surface area contributed by atoms with Gasteiger partial charge in [0.15, 0.2) is 0 Å². The number of unbranched alkanes of at least 4 members (excludes halogenated alkanes) is 5. The molecule has 1 aromatic carbocycles. The van der Waals surface area contributed by atoms with Crippen molar-refractivity contribution in [1.29, 1.82) is 0 Å². The average molecular weight is 324 g/mol. The highest BCUT2D eigenvalue weighted by Gasteiger charge is 2.23. The van der Waals surface area contributed by atoms with E-state index >= 15 is 0 Å². The molecular formula is C16H22BFO5. The van der Waals surface area contributed by atoms with E-state index in [1.807, 2.05) is 0 Å². The molecule has 2 N–H and O–H groups in total. The van der Waals surface area contributed by atoms with Crippen LogP contribution in [0, 0.1) is 5.82 Å². The van der Waals surface area contributed by atoms with Crippen LogP contribution in [-0.2, 0) is 9.53 Å². The Kier molecular flexibility index (Phi) is 8.51. The monoisotopic (exact) mass is 324 g/mol. The first-order valence-corrected chi connectivity index (χ1v) is 7.84. The van der Waals surface area contributed by atoms with E-state index in [9.17, 15) is 14.0 Å². The number of hydrogen-bond donors (Lipinski definition) is 2. The first-order chi connectivity index (χ1) is 11.0. The van der Waals surface area contributed by atoms with Crippen molar-refractivity contribution in [3.63, 3.8) is 0 Å². The first-order valence-electron chi connectivity index (χ1n) is 7.84. The lowest BCUT2D eigenvalue weighted by Gasteiger charge is -2.06. The van der Waals surface area contributed by atoms with Gasteiger partial charge in [0, 0.05) is 0 Å². The molecule has 0 saturated carbocycles. The molecule has 0 bridgehead atoms. The Hall–Kier alpha value is -1.73. The van der Waals surface area contributed by atoms with Gasteiger partial charge in [0.25, 0.3) is 5.78 Å². The lowest BCUT2D eigenvalue weighted by molar-refractivity contribution is -0.138. The van der Waals surface area contributed by atoms with Crippen molar-refractivity contribution in [2.45, 2.75) is 45.4 Å². The van der Waals surface area contributed by atoms with Crippen LogP contribution in [0.1, 0.15) is 55.8 Å². The van der Waals surface area contributed by atoms with Gasteiger partial charge in [-0.05, 0) is 24.0 Å². The summed E-state index contributed by atoms with van der Waals surface area (Å²) in [5.41, 5.74) is -0.540. The van der Waals surface area contributed by atoms with Crippen molar-refractivity contribution >= 4 is 24.3 Å². The van der Waals surface area contributed by atoms with Gasteiger partial charge in [-0.2, -0.15) is 0 Å². The van der Waals surface area contributed by atoms with Crippen LogP contribution in [0.5, 0.6) is 0 Å². The van der Waals surface area contributed by atoms with Crippen molar-refractivity contribution in [3.8, 4) is 0 Å². The van der Waals surface area contributed by atoms with Gasteiger partial charge in [-0.15, -0.1) is 0 Å². The number of carbonyl (C=O) groups is 2. The topological polar surface area (TPSA) is 83.8 Å². The summed E-state index contributed by atoms with van der Waals surface area (Å²) in [4.78, 5) is 23.4. The van der Waals surface area contributed by atoms with E-state index in [2.05, 4.69) is 6.92 Å². The average Bonchev–Trinajstić information content (AvgIpc) is 2.53. The standard InChI is InChI=1S/C16H22BFO5/c1-2-3-4-5-6-7-10-23-16(20)15(19)13-9-8-12(17(21)22)11-14(13)18/h8-9,11,21-22H,2-7,10H2,1H3. The number of rotatable bonds is 10. The number of carbonyl (C=O) groups excluding carboxylic acids is 2. The van der Waals surface area contributed by atoms with Gasteiger partial charge in [0.2, 0.25) is 0 Å². The molecule has 0 radical (unpaired) electrons. The van der Waals surface area contributed by atoms with Crippen molar-refractivity contribution in [1.82, 2.24) is 0 Å². The zero-order valence-electron chi connectivity index (χ0n) is 13.3. The highest BCUT2D eigenvalue weighted by molar-refractivity contribution is 6.58.